The molecule has 4 rings (SSSR count). The molecule has 0 aliphatic carbocycles. The summed E-state index contributed by atoms with van der Waals surface area (Å²) in [6.07, 6.45) is 0. The molecule has 3 nitrogen and oxygen atoms in total. The minimum atomic E-state index is 0.750. The van der Waals surface area contributed by atoms with E-state index >= 15 is 0 Å². The average Bonchev–Trinajstić information content (AvgIpc) is 2.62. The molecule has 1 aliphatic rings. The van der Waals surface area contributed by atoms with E-state index in [1.54, 1.807) is 0 Å². The first kappa shape index (κ1) is 16.4. The predicted molar refractivity (Wildman–Crippen MR) is 107 cm³/mol. The van der Waals surface area contributed by atoms with Crippen LogP contribution in [0.5, 0.6) is 0 Å². The van der Waals surface area contributed by atoms with Crippen molar-refractivity contribution in [1.82, 2.24) is 9.88 Å². The summed E-state index contributed by atoms with van der Waals surface area (Å²) in [5, 5.41) is 3.22. The molecule has 1 aliphatic heterocycles. The first-order valence-corrected chi connectivity index (χ1v) is 9.09. The lowest BCUT2D eigenvalue weighted by Gasteiger charge is -2.34. The minimum Gasteiger partial charge on any atom is -0.354 e. The molecule has 4 heteroatoms. The molecule has 0 spiro atoms. The van der Waals surface area contributed by atoms with Gasteiger partial charge in [0.25, 0.3) is 0 Å². The number of aryl methyl sites for hydroxylation is 1. The van der Waals surface area contributed by atoms with E-state index in [4.69, 9.17) is 16.6 Å². The van der Waals surface area contributed by atoms with Crippen LogP contribution in [-0.4, -0.2) is 43.1 Å². The Morgan fingerprint density at radius 3 is 2.36 bits per heavy atom. The first-order chi connectivity index (χ1) is 12.1. The highest BCUT2D eigenvalue weighted by atomic mass is 35.5. The van der Waals surface area contributed by atoms with E-state index in [0.29, 0.717) is 0 Å². The molecular weight excluding hydrogens is 330 g/mol. The van der Waals surface area contributed by atoms with Crippen LogP contribution in [-0.2, 0) is 0 Å². The van der Waals surface area contributed by atoms with E-state index in [2.05, 4.69) is 48.0 Å². The number of rotatable bonds is 2. The zero-order valence-electron chi connectivity index (χ0n) is 14.7. The van der Waals surface area contributed by atoms with Crippen molar-refractivity contribution in [3.63, 3.8) is 0 Å². The number of pyridine rings is 1. The lowest BCUT2D eigenvalue weighted by atomic mass is 10.0. The third-order valence-electron chi connectivity index (χ3n) is 4.91. The van der Waals surface area contributed by atoms with Gasteiger partial charge in [-0.2, -0.15) is 0 Å². The molecule has 1 fully saturated rings. The van der Waals surface area contributed by atoms with Crippen LogP contribution in [0.4, 0.5) is 5.82 Å². The lowest BCUT2D eigenvalue weighted by molar-refractivity contribution is 0.312. The Labute approximate surface area is 153 Å². The molecule has 0 unspecified atom stereocenters. The Balaban J connectivity index is 1.86. The molecule has 3 aromatic rings. The summed E-state index contributed by atoms with van der Waals surface area (Å²) < 4.78 is 0. The number of benzene rings is 2. The van der Waals surface area contributed by atoms with E-state index in [1.807, 2.05) is 24.3 Å². The van der Waals surface area contributed by atoms with Crippen molar-refractivity contribution in [3.8, 4) is 11.3 Å². The van der Waals surface area contributed by atoms with Crippen molar-refractivity contribution in [2.75, 3.05) is 38.1 Å². The Morgan fingerprint density at radius 2 is 1.64 bits per heavy atom. The maximum atomic E-state index is 6.05. The summed E-state index contributed by atoms with van der Waals surface area (Å²) in [6.45, 7) is 6.30. The van der Waals surface area contributed by atoms with E-state index in [-0.39, 0.29) is 0 Å². The van der Waals surface area contributed by atoms with Gasteiger partial charge in [0, 0.05) is 42.2 Å². The van der Waals surface area contributed by atoms with Crippen molar-refractivity contribution in [2.45, 2.75) is 6.92 Å². The number of fused-ring (bicyclic) bond motifs is 1. The minimum absolute atomic E-state index is 0.750. The average molecular weight is 352 g/mol. The number of likely N-dealkylation sites (N-methyl/N-ethyl adjacent to an activating group) is 1. The van der Waals surface area contributed by atoms with E-state index < -0.39 is 0 Å². The SMILES string of the molecule is Cc1ccc2c(N3CCN(C)CC3)nc(-c3ccc(Cl)cc3)cc2c1. The number of nitrogens with zero attached hydrogens (tertiary/aromatic N) is 3. The summed E-state index contributed by atoms with van der Waals surface area (Å²) in [4.78, 5) is 9.82. The monoisotopic (exact) mass is 351 g/mol. The molecule has 0 bridgehead atoms. The van der Waals surface area contributed by atoms with Gasteiger partial charge in [-0.1, -0.05) is 47.5 Å². The molecule has 1 aromatic heterocycles. The third-order valence-corrected chi connectivity index (χ3v) is 5.16. The molecule has 0 N–H and O–H groups in total. The maximum absolute atomic E-state index is 6.05. The van der Waals surface area contributed by atoms with Crippen LogP contribution in [0.25, 0.3) is 22.0 Å². The molecule has 1 saturated heterocycles. The summed E-state index contributed by atoms with van der Waals surface area (Å²) in [5.74, 6) is 1.09. The second kappa shape index (κ2) is 6.66. The van der Waals surface area contributed by atoms with Crippen LogP contribution in [0, 0.1) is 6.92 Å². The number of aromatic nitrogens is 1. The Hall–Kier alpha value is -2.10. The van der Waals surface area contributed by atoms with Gasteiger partial charge in [-0.25, -0.2) is 4.98 Å². The van der Waals surface area contributed by atoms with Gasteiger partial charge >= 0.3 is 0 Å². The number of piperazine rings is 1. The third kappa shape index (κ3) is 3.35. The van der Waals surface area contributed by atoms with Crippen molar-refractivity contribution < 1.29 is 0 Å². The molecule has 0 amide bonds. The van der Waals surface area contributed by atoms with Gasteiger partial charge < -0.3 is 9.80 Å². The second-order valence-corrected chi connectivity index (χ2v) is 7.29. The molecular formula is C21H22ClN3. The van der Waals surface area contributed by atoms with E-state index in [1.165, 1.54) is 16.3 Å². The van der Waals surface area contributed by atoms with Gasteiger partial charge in [0.2, 0.25) is 0 Å². The molecule has 2 heterocycles. The maximum Gasteiger partial charge on any atom is 0.137 e. The molecule has 0 atom stereocenters. The van der Waals surface area contributed by atoms with Crippen LogP contribution >= 0.6 is 11.6 Å². The molecule has 0 radical (unpaired) electrons. The van der Waals surface area contributed by atoms with Crippen LogP contribution in [0.2, 0.25) is 5.02 Å². The fraction of sp³-hybridized carbons (Fsp3) is 0.286. The van der Waals surface area contributed by atoms with Crippen molar-refractivity contribution in [1.29, 1.82) is 0 Å². The fourth-order valence-corrected chi connectivity index (χ4v) is 3.51. The second-order valence-electron chi connectivity index (χ2n) is 6.85. The quantitative estimate of drug-likeness (QED) is 0.671. The van der Waals surface area contributed by atoms with Crippen molar-refractivity contribution in [2.24, 2.45) is 0 Å². The number of anilines is 1. The zero-order valence-corrected chi connectivity index (χ0v) is 15.4. The van der Waals surface area contributed by atoms with Crippen LogP contribution in [0.3, 0.4) is 0 Å². The lowest BCUT2D eigenvalue weighted by Crippen LogP contribution is -2.44. The molecule has 2 aromatic carbocycles. The Kier molecular flexibility index (Phi) is 4.36. The van der Waals surface area contributed by atoms with Gasteiger partial charge in [-0.15, -0.1) is 0 Å². The summed E-state index contributed by atoms with van der Waals surface area (Å²) in [5.41, 5.74) is 3.37. The topological polar surface area (TPSA) is 19.4 Å². The van der Waals surface area contributed by atoms with E-state index in [9.17, 15) is 0 Å². The highest BCUT2D eigenvalue weighted by Gasteiger charge is 2.19. The predicted octanol–water partition coefficient (Wildman–Crippen LogP) is 4.62. The molecule has 128 valence electrons. The normalized spacial score (nSPS) is 15.7. The Bertz CT molecular complexity index is 897. The number of hydrogen-bond donors (Lipinski definition) is 0. The summed E-state index contributed by atoms with van der Waals surface area (Å²) in [6, 6.07) is 16.7. The smallest absolute Gasteiger partial charge is 0.137 e. The number of halogens is 1. The fourth-order valence-electron chi connectivity index (χ4n) is 3.39. The van der Waals surface area contributed by atoms with Gasteiger partial charge in [0.1, 0.15) is 5.82 Å². The summed E-state index contributed by atoms with van der Waals surface area (Å²) in [7, 11) is 2.18. The van der Waals surface area contributed by atoms with Gasteiger partial charge in [0.05, 0.1) is 5.69 Å². The van der Waals surface area contributed by atoms with Gasteiger partial charge in [-0.3, -0.25) is 0 Å². The van der Waals surface area contributed by atoms with Gasteiger partial charge in [-0.05, 0) is 37.6 Å². The largest absolute Gasteiger partial charge is 0.354 e. The molecule has 0 saturated carbocycles. The summed E-state index contributed by atoms with van der Waals surface area (Å²) >= 11 is 6.05. The highest BCUT2D eigenvalue weighted by molar-refractivity contribution is 6.30. The molecule has 25 heavy (non-hydrogen) atoms. The van der Waals surface area contributed by atoms with Gasteiger partial charge in [0.15, 0.2) is 0 Å². The highest BCUT2D eigenvalue weighted by Crippen LogP contribution is 2.31. The van der Waals surface area contributed by atoms with Crippen molar-refractivity contribution in [3.05, 3.63) is 59.1 Å². The Morgan fingerprint density at radius 1 is 0.920 bits per heavy atom. The van der Waals surface area contributed by atoms with E-state index in [0.717, 1.165) is 48.3 Å². The van der Waals surface area contributed by atoms with Crippen molar-refractivity contribution >= 4 is 28.2 Å². The zero-order chi connectivity index (χ0) is 17.4. The van der Waals surface area contributed by atoms with Crippen LogP contribution < -0.4 is 4.90 Å². The number of hydrogen-bond acceptors (Lipinski definition) is 3. The van der Waals surface area contributed by atoms with Crippen LogP contribution in [0.15, 0.2) is 48.5 Å². The van der Waals surface area contributed by atoms with Crippen LogP contribution in [0.1, 0.15) is 5.56 Å². The first-order valence-electron chi connectivity index (χ1n) is 8.71. The standard InChI is InChI=1S/C21H22ClN3/c1-15-3-8-19-17(13-15)14-20(16-4-6-18(22)7-5-16)23-21(19)25-11-9-24(2)10-12-25/h3-8,13-14H,9-12H2,1-2H3.